The predicted molar refractivity (Wildman–Crippen MR) is 72.4 cm³/mol. The van der Waals surface area contributed by atoms with Crippen molar-refractivity contribution in [3.05, 3.63) is 29.3 Å². The second-order valence-electron chi connectivity index (χ2n) is 4.11. The number of carbonyl (C=O) groups is 1. The Bertz CT molecular complexity index is 358. The number of amides is 1. The number of primary amides is 1. The molecule has 1 amide bonds. The summed E-state index contributed by atoms with van der Waals surface area (Å²) in [5.41, 5.74) is 5.67. The van der Waals surface area contributed by atoms with E-state index < -0.39 is 0 Å². The zero-order valence-corrected chi connectivity index (χ0v) is 10.9. The van der Waals surface area contributed by atoms with Crippen LogP contribution in [0.15, 0.2) is 24.3 Å². The molecule has 2 rings (SSSR count). The second-order valence-corrected chi connectivity index (χ2v) is 4.52. The molecule has 17 heavy (non-hydrogen) atoms. The van der Waals surface area contributed by atoms with E-state index in [1.165, 1.54) is 31.9 Å². The first kappa shape index (κ1) is 13.8. The van der Waals surface area contributed by atoms with E-state index >= 15 is 0 Å². The molecule has 3 nitrogen and oxygen atoms in total. The van der Waals surface area contributed by atoms with Crippen LogP contribution in [-0.2, 0) is 4.79 Å². The minimum Gasteiger partial charge on any atom is -0.370 e. The highest BCUT2D eigenvalue weighted by Gasteiger charge is 2.12. The normalized spacial score (nSPS) is 14.8. The van der Waals surface area contributed by atoms with Gasteiger partial charge in [-0.05, 0) is 31.4 Å². The quantitative estimate of drug-likeness (QED) is 0.838. The number of anilines is 1. The Morgan fingerprint density at radius 2 is 1.76 bits per heavy atom. The molecule has 0 aromatic heterocycles. The summed E-state index contributed by atoms with van der Waals surface area (Å²) >= 11 is 6.12. The molecular formula is C13H19ClN2O. The minimum absolute atomic E-state index is 0.333. The van der Waals surface area contributed by atoms with Crippen LogP contribution in [0.4, 0.5) is 5.69 Å². The Balaban J connectivity index is 0.000000317. The molecule has 1 fully saturated rings. The van der Waals surface area contributed by atoms with E-state index in [2.05, 4.69) is 22.8 Å². The van der Waals surface area contributed by atoms with Gasteiger partial charge in [-0.15, -0.1) is 0 Å². The Morgan fingerprint density at radius 1 is 1.24 bits per heavy atom. The number of benzene rings is 1. The average molecular weight is 255 g/mol. The topological polar surface area (TPSA) is 46.3 Å². The zero-order valence-electron chi connectivity index (χ0n) is 10.2. The molecule has 2 N–H and O–H groups in total. The van der Waals surface area contributed by atoms with E-state index in [9.17, 15) is 4.79 Å². The molecule has 0 spiro atoms. The summed E-state index contributed by atoms with van der Waals surface area (Å²) in [5, 5.41) is 0.879. The number of hydrogen-bond donors (Lipinski definition) is 1. The largest absolute Gasteiger partial charge is 0.370 e. The van der Waals surface area contributed by atoms with Crippen LogP contribution in [0.25, 0.3) is 0 Å². The summed E-state index contributed by atoms with van der Waals surface area (Å²) in [6.45, 7) is 3.62. The Kier molecular flexibility index (Phi) is 5.84. The van der Waals surface area contributed by atoms with E-state index in [1.807, 2.05) is 12.1 Å². The highest BCUT2D eigenvalue weighted by atomic mass is 35.5. The highest BCUT2D eigenvalue weighted by molar-refractivity contribution is 6.33. The number of nitrogens with two attached hydrogens (primary N) is 1. The number of hydrogen-bond acceptors (Lipinski definition) is 2. The third-order valence-corrected chi connectivity index (χ3v) is 2.87. The molecule has 1 heterocycles. The van der Waals surface area contributed by atoms with Crippen LogP contribution >= 0.6 is 11.6 Å². The van der Waals surface area contributed by atoms with Gasteiger partial charge in [-0.1, -0.05) is 23.7 Å². The summed E-state index contributed by atoms with van der Waals surface area (Å²) in [5.74, 6) is -0.333. The number of rotatable bonds is 1. The smallest absolute Gasteiger partial charge is 0.214 e. The first-order chi connectivity index (χ1) is 8.11. The van der Waals surface area contributed by atoms with Crippen LogP contribution in [0.1, 0.15) is 26.2 Å². The molecule has 0 aliphatic carbocycles. The van der Waals surface area contributed by atoms with E-state index in [4.69, 9.17) is 11.6 Å². The lowest BCUT2D eigenvalue weighted by Crippen LogP contribution is -2.29. The molecule has 1 aromatic carbocycles. The minimum atomic E-state index is -0.333. The monoisotopic (exact) mass is 254 g/mol. The summed E-state index contributed by atoms with van der Waals surface area (Å²) < 4.78 is 0. The predicted octanol–water partition coefficient (Wildman–Crippen LogP) is 2.82. The number of carbonyl (C=O) groups excluding carboxylic acids is 1. The fourth-order valence-corrected chi connectivity index (χ4v) is 2.10. The molecule has 1 saturated heterocycles. The number of para-hydroxylation sites is 1. The van der Waals surface area contributed by atoms with Crippen LogP contribution in [-0.4, -0.2) is 19.0 Å². The molecule has 0 bridgehead atoms. The van der Waals surface area contributed by atoms with Gasteiger partial charge < -0.3 is 10.6 Å². The van der Waals surface area contributed by atoms with E-state index in [1.54, 1.807) is 0 Å². The van der Waals surface area contributed by atoms with Crippen LogP contribution in [0.2, 0.25) is 5.02 Å². The fourth-order valence-electron chi connectivity index (χ4n) is 1.84. The van der Waals surface area contributed by atoms with Crippen molar-refractivity contribution in [3.63, 3.8) is 0 Å². The Labute approximate surface area is 108 Å². The van der Waals surface area contributed by atoms with Gasteiger partial charge in [-0.25, -0.2) is 0 Å². The van der Waals surface area contributed by atoms with Crippen molar-refractivity contribution in [2.75, 3.05) is 18.0 Å². The standard InChI is InChI=1S/C11H14ClN.C2H5NO/c12-10-6-2-3-7-11(10)13-8-4-1-5-9-13;1-2(3)4/h2-3,6-7H,1,4-5,8-9H2;1H3,(H2,3,4). The molecule has 0 saturated carbocycles. The van der Waals surface area contributed by atoms with Gasteiger partial charge >= 0.3 is 0 Å². The highest BCUT2D eigenvalue weighted by Crippen LogP contribution is 2.27. The Hall–Kier alpha value is -1.22. The third kappa shape index (κ3) is 5.09. The molecule has 94 valence electrons. The SMILES string of the molecule is CC(N)=O.Clc1ccccc1N1CCCCC1. The average Bonchev–Trinajstić information content (AvgIpc) is 2.30. The van der Waals surface area contributed by atoms with Crippen LogP contribution in [0, 0.1) is 0 Å². The maximum Gasteiger partial charge on any atom is 0.214 e. The maximum absolute atomic E-state index is 9.22. The molecule has 0 atom stereocenters. The third-order valence-electron chi connectivity index (χ3n) is 2.55. The van der Waals surface area contributed by atoms with Crippen molar-refractivity contribution in [3.8, 4) is 0 Å². The molecule has 4 heteroatoms. The van der Waals surface area contributed by atoms with Crippen LogP contribution in [0.5, 0.6) is 0 Å². The first-order valence-electron chi connectivity index (χ1n) is 5.87. The van der Waals surface area contributed by atoms with E-state index in [0.29, 0.717) is 0 Å². The molecule has 1 aliphatic heterocycles. The molecular weight excluding hydrogens is 236 g/mol. The van der Waals surface area contributed by atoms with Crippen LogP contribution in [0.3, 0.4) is 0 Å². The fraction of sp³-hybridized carbons (Fsp3) is 0.462. The van der Waals surface area contributed by atoms with Crippen molar-refractivity contribution in [1.82, 2.24) is 0 Å². The van der Waals surface area contributed by atoms with Crippen molar-refractivity contribution in [2.45, 2.75) is 26.2 Å². The lowest BCUT2D eigenvalue weighted by Gasteiger charge is -2.29. The van der Waals surface area contributed by atoms with Gasteiger partial charge in [0.05, 0.1) is 10.7 Å². The lowest BCUT2D eigenvalue weighted by molar-refractivity contribution is -0.115. The van der Waals surface area contributed by atoms with Gasteiger partial charge in [0.15, 0.2) is 0 Å². The summed E-state index contributed by atoms with van der Waals surface area (Å²) in [6, 6.07) is 8.10. The van der Waals surface area contributed by atoms with Gasteiger partial charge in [-0.3, -0.25) is 4.79 Å². The number of piperidine rings is 1. The van der Waals surface area contributed by atoms with Gasteiger partial charge in [0.2, 0.25) is 5.91 Å². The summed E-state index contributed by atoms with van der Waals surface area (Å²) in [6.07, 6.45) is 3.96. The number of halogens is 1. The number of nitrogens with zero attached hydrogens (tertiary/aromatic N) is 1. The molecule has 1 aliphatic rings. The van der Waals surface area contributed by atoms with Gasteiger partial charge in [-0.2, -0.15) is 0 Å². The Morgan fingerprint density at radius 3 is 2.29 bits per heavy atom. The van der Waals surface area contributed by atoms with E-state index in [-0.39, 0.29) is 5.91 Å². The first-order valence-corrected chi connectivity index (χ1v) is 6.24. The van der Waals surface area contributed by atoms with Crippen LogP contribution < -0.4 is 10.6 Å². The van der Waals surface area contributed by atoms with Crippen molar-refractivity contribution in [1.29, 1.82) is 0 Å². The lowest BCUT2D eigenvalue weighted by atomic mass is 10.1. The van der Waals surface area contributed by atoms with Gasteiger partial charge in [0.25, 0.3) is 0 Å². The molecule has 1 aromatic rings. The summed E-state index contributed by atoms with van der Waals surface area (Å²) in [7, 11) is 0. The van der Waals surface area contributed by atoms with Crippen molar-refractivity contribution >= 4 is 23.2 Å². The summed E-state index contributed by atoms with van der Waals surface area (Å²) in [4.78, 5) is 11.6. The van der Waals surface area contributed by atoms with Gasteiger partial charge in [0, 0.05) is 20.0 Å². The van der Waals surface area contributed by atoms with E-state index in [0.717, 1.165) is 18.1 Å². The van der Waals surface area contributed by atoms with Gasteiger partial charge in [0.1, 0.15) is 0 Å². The maximum atomic E-state index is 9.22. The molecule has 0 radical (unpaired) electrons. The zero-order chi connectivity index (χ0) is 12.7. The molecule has 0 unspecified atom stereocenters. The van der Waals surface area contributed by atoms with Crippen molar-refractivity contribution in [2.24, 2.45) is 5.73 Å². The van der Waals surface area contributed by atoms with Crippen molar-refractivity contribution < 1.29 is 4.79 Å². The second kappa shape index (κ2) is 7.17.